The molecule has 1 saturated carbocycles. The average molecular weight is 385 g/mol. The van der Waals surface area contributed by atoms with Crippen molar-refractivity contribution in [2.45, 2.75) is 58.1 Å². The van der Waals surface area contributed by atoms with Crippen LogP contribution in [-0.4, -0.2) is 35.7 Å². The molecule has 1 spiro atoms. The zero-order chi connectivity index (χ0) is 18.2. The second-order valence-electron chi connectivity index (χ2n) is 8.38. The summed E-state index contributed by atoms with van der Waals surface area (Å²) in [7, 11) is 0. The Bertz CT molecular complexity index is 621. The minimum atomic E-state index is -0.435. The van der Waals surface area contributed by atoms with Gasteiger partial charge >= 0.3 is 6.09 Å². The first kappa shape index (κ1) is 18.7. The van der Waals surface area contributed by atoms with E-state index in [4.69, 9.17) is 27.9 Å². The molecule has 2 aliphatic rings. The van der Waals surface area contributed by atoms with Crippen molar-refractivity contribution in [2.75, 3.05) is 18.4 Å². The number of hydrogen-bond donors (Lipinski definition) is 1. The number of carbonyl (C=O) groups excluding carboxylic acids is 1. The number of likely N-dealkylation sites (tertiary alicyclic amines) is 1. The van der Waals surface area contributed by atoms with Crippen molar-refractivity contribution in [3.63, 3.8) is 0 Å². The van der Waals surface area contributed by atoms with Gasteiger partial charge in [-0.05, 0) is 70.1 Å². The maximum absolute atomic E-state index is 12.2. The number of nitrogens with one attached hydrogen (secondary N) is 1. The first-order valence-corrected chi connectivity index (χ1v) is 9.60. The lowest BCUT2D eigenvalue weighted by Gasteiger charge is -2.52. The van der Waals surface area contributed by atoms with Crippen LogP contribution >= 0.6 is 23.2 Å². The maximum Gasteiger partial charge on any atom is 0.410 e. The zero-order valence-electron chi connectivity index (χ0n) is 15.1. The zero-order valence-corrected chi connectivity index (χ0v) is 16.6. The van der Waals surface area contributed by atoms with Crippen molar-refractivity contribution in [3.8, 4) is 0 Å². The van der Waals surface area contributed by atoms with Crippen molar-refractivity contribution < 1.29 is 9.53 Å². The fourth-order valence-corrected chi connectivity index (χ4v) is 4.38. The number of halogens is 2. The summed E-state index contributed by atoms with van der Waals surface area (Å²) in [5.41, 5.74) is 0.901. The van der Waals surface area contributed by atoms with Crippen LogP contribution in [0.2, 0.25) is 10.0 Å². The number of benzene rings is 1. The van der Waals surface area contributed by atoms with Crippen LogP contribution in [0.25, 0.3) is 0 Å². The highest BCUT2D eigenvalue weighted by atomic mass is 35.5. The van der Waals surface area contributed by atoms with E-state index in [0.717, 1.165) is 44.5 Å². The number of hydrogen-bond acceptors (Lipinski definition) is 3. The van der Waals surface area contributed by atoms with Gasteiger partial charge in [0.2, 0.25) is 0 Å². The number of anilines is 1. The van der Waals surface area contributed by atoms with E-state index in [1.54, 1.807) is 6.07 Å². The van der Waals surface area contributed by atoms with Gasteiger partial charge in [-0.1, -0.05) is 23.2 Å². The lowest BCUT2D eigenvalue weighted by molar-refractivity contribution is -0.00859. The highest BCUT2D eigenvalue weighted by Gasteiger charge is 2.46. The number of nitrogens with zero attached hydrogens (tertiary/aromatic N) is 1. The first-order chi connectivity index (χ1) is 11.6. The van der Waals surface area contributed by atoms with E-state index < -0.39 is 5.60 Å². The monoisotopic (exact) mass is 384 g/mol. The van der Waals surface area contributed by atoms with Gasteiger partial charge in [-0.3, -0.25) is 0 Å². The molecule has 0 atom stereocenters. The molecule has 25 heavy (non-hydrogen) atoms. The second-order valence-corrected chi connectivity index (χ2v) is 9.25. The van der Waals surface area contributed by atoms with Crippen molar-refractivity contribution in [2.24, 2.45) is 5.41 Å². The van der Waals surface area contributed by atoms with Crippen LogP contribution in [0.15, 0.2) is 18.2 Å². The quantitative estimate of drug-likeness (QED) is 0.722. The average Bonchev–Trinajstić information content (AvgIpc) is 2.43. The summed E-state index contributed by atoms with van der Waals surface area (Å²) in [6.07, 6.45) is 4.14. The molecule has 0 unspecified atom stereocenters. The Labute approximate surface area is 159 Å². The lowest BCUT2D eigenvalue weighted by Crippen LogP contribution is -2.53. The molecule has 4 nitrogen and oxygen atoms in total. The molecule has 0 aromatic heterocycles. The fraction of sp³-hybridized carbons (Fsp3) is 0.632. The molecule has 0 radical (unpaired) electrons. The van der Waals surface area contributed by atoms with Gasteiger partial charge in [0.25, 0.3) is 0 Å². The number of carbonyl (C=O) groups is 1. The molecule has 1 heterocycles. The van der Waals surface area contributed by atoms with Crippen LogP contribution in [0.3, 0.4) is 0 Å². The molecule has 1 aliphatic carbocycles. The molecular weight excluding hydrogens is 359 g/mol. The molecule has 1 amide bonds. The van der Waals surface area contributed by atoms with Gasteiger partial charge in [0, 0.05) is 34.9 Å². The standard InChI is InChI=1S/C19H26Cl2N2O2/c1-18(2,3)25-17(24)23-6-4-19(5-7-23)11-16(12-19)22-15-9-13(20)8-14(21)10-15/h8-10,16,22H,4-7,11-12H2,1-3H3. The van der Waals surface area contributed by atoms with E-state index in [1.165, 1.54) is 0 Å². The molecule has 1 aromatic rings. The smallest absolute Gasteiger partial charge is 0.410 e. The summed E-state index contributed by atoms with van der Waals surface area (Å²) in [6, 6.07) is 6.00. The molecule has 0 bridgehead atoms. The molecule has 3 rings (SSSR count). The maximum atomic E-state index is 12.2. The second kappa shape index (κ2) is 6.88. The third-order valence-corrected chi connectivity index (χ3v) is 5.50. The first-order valence-electron chi connectivity index (χ1n) is 8.85. The van der Waals surface area contributed by atoms with E-state index in [-0.39, 0.29) is 6.09 Å². The van der Waals surface area contributed by atoms with Gasteiger partial charge in [-0.2, -0.15) is 0 Å². The Morgan fingerprint density at radius 1 is 1.16 bits per heavy atom. The molecule has 6 heteroatoms. The molecule has 2 fully saturated rings. The van der Waals surface area contributed by atoms with E-state index in [9.17, 15) is 4.79 Å². The topological polar surface area (TPSA) is 41.6 Å². The van der Waals surface area contributed by atoms with Gasteiger partial charge in [-0.15, -0.1) is 0 Å². The third-order valence-electron chi connectivity index (χ3n) is 5.07. The number of rotatable bonds is 2. The highest BCUT2D eigenvalue weighted by Crippen LogP contribution is 2.50. The largest absolute Gasteiger partial charge is 0.444 e. The summed E-state index contributed by atoms with van der Waals surface area (Å²) < 4.78 is 5.47. The van der Waals surface area contributed by atoms with Gasteiger partial charge < -0.3 is 15.0 Å². The number of ether oxygens (including phenoxy) is 1. The molecular formula is C19H26Cl2N2O2. The third kappa shape index (κ3) is 4.73. The molecule has 1 N–H and O–H groups in total. The predicted molar refractivity (Wildman–Crippen MR) is 103 cm³/mol. The van der Waals surface area contributed by atoms with Crippen molar-refractivity contribution in [1.82, 2.24) is 4.90 Å². The molecule has 1 saturated heterocycles. The van der Waals surface area contributed by atoms with Crippen LogP contribution in [0, 0.1) is 5.41 Å². The van der Waals surface area contributed by atoms with Crippen molar-refractivity contribution in [1.29, 1.82) is 0 Å². The van der Waals surface area contributed by atoms with Crippen LogP contribution in [0.5, 0.6) is 0 Å². The van der Waals surface area contributed by atoms with E-state index in [2.05, 4.69) is 5.32 Å². The SMILES string of the molecule is CC(C)(C)OC(=O)N1CCC2(CC1)CC(Nc1cc(Cl)cc(Cl)c1)C2. The highest BCUT2D eigenvalue weighted by molar-refractivity contribution is 6.35. The van der Waals surface area contributed by atoms with Gasteiger partial charge in [0.15, 0.2) is 0 Å². The van der Waals surface area contributed by atoms with Gasteiger partial charge in [-0.25, -0.2) is 4.79 Å². The summed E-state index contributed by atoms with van der Waals surface area (Å²) in [4.78, 5) is 14.0. The van der Waals surface area contributed by atoms with Crippen molar-refractivity contribution >= 4 is 35.0 Å². The molecule has 1 aromatic carbocycles. The molecule has 1 aliphatic heterocycles. The van der Waals surface area contributed by atoms with E-state index in [1.807, 2.05) is 37.8 Å². The normalized spacial score (nSPS) is 20.3. The summed E-state index contributed by atoms with van der Waals surface area (Å²) in [5, 5.41) is 4.82. The predicted octanol–water partition coefficient (Wildman–Crippen LogP) is 5.59. The Hall–Kier alpha value is -1.13. The van der Waals surface area contributed by atoms with E-state index >= 15 is 0 Å². The Kier molecular flexibility index (Phi) is 5.13. The summed E-state index contributed by atoms with van der Waals surface area (Å²) >= 11 is 12.1. The van der Waals surface area contributed by atoms with E-state index in [0.29, 0.717) is 21.5 Å². The summed E-state index contributed by atoms with van der Waals surface area (Å²) in [5.74, 6) is 0. The van der Waals surface area contributed by atoms with Crippen LogP contribution < -0.4 is 5.32 Å². The van der Waals surface area contributed by atoms with Crippen molar-refractivity contribution in [3.05, 3.63) is 28.2 Å². The van der Waals surface area contributed by atoms with Crippen LogP contribution in [0.4, 0.5) is 10.5 Å². The Morgan fingerprint density at radius 2 is 1.72 bits per heavy atom. The van der Waals surface area contributed by atoms with Gasteiger partial charge in [0.05, 0.1) is 0 Å². The molecule has 138 valence electrons. The number of amides is 1. The minimum absolute atomic E-state index is 0.190. The number of piperidine rings is 1. The van der Waals surface area contributed by atoms with Crippen LogP contribution in [0.1, 0.15) is 46.5 Å². The van der Waals surface area contributed by atoms with Crippen LogP contribution in [-0.2, 0) is 4.74 Å². The fourth-order valence-electron chi connectivity index (χ4n) is 3.86. The lowest BCUT2D eigenvalue weighted by atomic mass is 9.60. The minimum Gasteiger partial charge on any atom is -0.444 e. The Balaban J connectivity index is 1.47. The Morgan fingerprint density at radius 3 is 2.24 bits per heavy atom. The van der Waals surface area contributed by atoms with Gasteiger partial charge in [0.1, 0.15) is 5.60 Å². The summed E-state index contributed by atoms with van der Waals surface area (Å²) in [6.45, 7) is 7.27.